The molecule has 14 nitrogen and oxygen atoms in total. The van der Waals surface area contributed by atoms with Crippen LogP contribution in [0.25, 0.3) is 22.3 Å². The van der Waals surface area contributed by atoms with Crippen LogP contribution >= 0.6 is 17.0 Å². The van der Waals surface area contributed by atoms with E-state index in [9.17, 15) is 71.8 Å². The van der Waals surface area contributed by atoms with Crippen LogP contribution in [-0.4, -0.2) is 99.8 Å². The summed E-state index contributed by atoms with van der Waals surface area (Å²) in [6.07, 6.45) is 0. The maximum atomic E-state index is 13.9. The van der Waals surface area contributed by atoms with Crippen LogP contribution in [-0.2, 0) is 10.3 Å². The van der Waals surface area contributed by atoms with E-state index in [0.717, 1.165) is 31.8 Å². The molecule has 1 unspecified atom stereocenters. The summed E-state index contributed by atoms with van der Waals surface area (Å²) in [5, 5.41) is 0. The number of halogens is 9. The number of Topliss-reactive ketones (excluding diaryl/α,β-unsaturated/α-hetero) is 7. The Morgan fingerprint density at radius 2 is 0.579 bits per heavy atom. The van der Waals surface area contributed by atoms with Gasteiger partial charge in [0.15, 0.2) is 75.3 Å². The largest absolute Gasteiger partial charge is 0.497 e. The van der Waals surface area contributed by atoms with Gasteiger partial charge in [-0.1, -0.05) is 60.7 Å². The van der Waals surface area contributed by atoms with Gasteiger partial charge in [-0.2, -0.15) is 17.6 Å². The Hall–Kier alpha value is -9.69. The molecule has 0 aliphatic rings. The molecule has 24 heteroatoms. The van der Waals surface area contributed by atoms with E-state index >= 15 is 0 Å². The molecule has 0 radical (unpaired) electrons. The number of ketones is 7. The number of alkyl halides is 1. The zero-order chi connectivity index (χ0) is 71.9. The molecule has 8 rings (SSSR count). The third-order valence-corrected chi connectivity index (χ3v) is 25.4. The first-order valence-electron chi connectivity index (χ1n) is 27.6. The van der Waals surface area contributed by atoms with Gasteiger partial charge in [-0.3, -0.25) is 33.6 Å². The molecular formula is C71H68F8IO14S-. The van der Waals surface area contributed by atoms with Gasteiger partial charge < -0.3 is 18.9 Å². The Bertz CT molecular complexity index is 4000. The molecule has 0 amide bonds. The third kappa shape index (κ3) is 21.4. The van der Waals surface area contributed by atoms with E-state index in [1.165, 1.54) is 52.8 Å². The Balaban J connectivity index is 0.000000303. The van der Waals surface area contributed by atoms with Crippen molar-refractivity contribution in [3.8, 4) is 56.8 Å². The van der Waals surface area contributed by atoms with Crippen LogP contribution in [0.2, 0.25) is 0 Å². The number of rotatable bonds is 17. The maximum Gasteiger partial charge on any atom is 0.204 e. The summed E-state index contributed by atoms with van der Waals surface area (Å²) in [5.74, 6) is -10.6. The number of hydrogen-bond donors (Lipinski definition) is 0. The number of hydrogen-bond acceptors (Lipinski definition) is 15. The summed E-state index contributed by atoms with van der Waals surface area (Å²) in [5.41, 5.74) is 2.18. The molecule has 0 saturated carbocycles. The Labute approximate surface area is 549 Å². The molecule has 95 heavy (non-hydrogen) atoms. The van der Waals surface area contributed by atoms with E-state index in [0.29, 0.717) is 59.1 Å². The van der Waals surface area contributed by atoms with Gasteiger partial charge in [0.1, 0.15) is 11.5 Å². The molecule has 506 valence electrons. The fraction of sp³-hybridized carbons (Fsp3) is 0.197. The predicted molar refractivity (Wildman–Crippen MR) is 359 cm³/mol. The molecule has 0 heterocycles. The van der Waals surface area contributed by atoms with Crippen LogP contribution in [0.1, 0.15) is 121 Å². The van der Waals surface area contributed by atoms with E-state index in [1.54, 1.807) is 114 Å². The Morgan fingerprint density at radius 3 is 0.821 bits per heavy atom. The van der Waals surface area contributed by atoms with Gasteiger partial charge in [-0.05, 0) is 114 Å². The normalized spacial score (nSPS) is 11.1. The minimum absolute atomic E-state index is 0.0186. The number of carbonyl (C=O) groups excluding carboxylic acids is 7. The fourth-order valence-corrected chi connectivity index (χ4v) is 12.6. The number of methoxy groups -OCH3 is 6. The van der Waals surface area contributed by atoms with Crippen molar-refractivity contribution in [1.82, 2.24) is 0 Å². The summed E-state index contributed by atoms with van der Waals surface area (Å²) < 4.78 is 152. The zero-order valence-electron chi connectivity index (χ0n) is 54.1. The molecule has 0 saturated heterocycles. The molecule has 1 atom stereocenters. The van der Waals surface area contributed by atoms with Crippen molar-refractivity contribution in [3.05, 3.63) is 223 Å². The number of benzene rings is 8. The van der Waals surface area contributed by atoms with Crippen molar-refractivity contribution in [2.75, 3.05) is 47.6 Å². The topological polar surface area (TPSA) is 192 Å². The predicted octanol–water partition coefficient (Wildman–Crippen LogP) is 16.6. The van der Waals surface area contributed by atoms with E-state index in [1.807, 2.05) is 48.5 Å². The quantitative estimate of drug-likeness (QED) is 0.0159. The molecule has 0 fully saturated rings. The maximum absolute atomic E-state index is 13.9. The van der Waals surface area contributed by atoms with Crippen molar-refractivity contribution in [3.63, 3.8) is 0 Å². The van der Waals surface area contributed by atoms with Gasteiger partial charge in [-0.25, -0.2) is 17.6 Å². The van der Waals surface area contributed by atoms with Gasteiger partial charge in [0, 0.05) is 38.9 Å². The minimum Gasteiger partial charge on any atom is -0.497 e. The third-order valence-electron chi connectivity index (χ3n) is 13.3. The van der Waals surface area contributed by atoms with Crippen LogP contribution in [0.15, 0.2) is 133 Å². The van der Waals surface area contributed by atoms with E-state index < -0.39 is 93.4 Å². The fourth-order valence-electron chi connectivity index (χ4n) is 7.85. The second-order valence-corrected chi connectivity index (χ2v) is 33.6. The van der Waals surface area contributed by atoms with Gasteiger partial charge in [0.2, 0.25) is 23.3 Å². The van der Waals surface area contributed by atoms with Crippen LogP contribution in [0, 0.1) is 50.1 Å². The van der Waals surface area contributed by atoms with Crippen LogP contribution < -0.4 is 28.4 Å². The van der Waals surface area contributed by atoms with Crippen molar-refractivity contribution >= 4 is 76.5 Å². The van der Waals surface area contributed by atoms with E-state index in [2.05, 4.69) is 21.2 Å². The number of ether oxygens (including phenoxy) is 6. The molecule has 0 spiro atoms. The molecule has 8 aromatic rings. The molecule has 0 aliphatic carbocycles. The van der Waals surface area contributed by atoms with E-state index in [4.69, 9.17) is 18.9 Å². The monoisotopic (exact) mass is 1460 g/mol. The average Bonchev–Trinajstić information content (AvgIpc) is 0.750. The first-order valence-corrected chi connectivity index (χ1v) is 35.8. The first kappa shape index (κ1) is 79.5. The summed E-state index contributed by atoms with van der Waals surface area (Å²) >= 11 is -3.27. The Kier molecular flexibility index (Phi) is 30.7. The molecule has 8 aromatic carbocycles. The first-order chi connectivity index (χ1) is 44.6. The SMILES string of the molecule is C=[S-](=C)I(C)(=O)c1ccc(OC)c(OC)c1.CC(=O)c1cc(C(C)=O)cc(C(C)=O)c1.CC(=O)c1ccc(C(C)=O)cc1.COc1c(F)c(F)c(-c2c(F)c(F)c(OC)c(F)c2F)c(F)c1F.COc1ccc(-c2ccc(C(C)=O)cc2)cc1.COc1ccc(C(C)=O)cc1. The van der Waals surface area contributed by atoms with Crippen LogP contribution in [0.4, 0.5) is 35.1 Å². The Morgan fingerprint density at radius 1 is 0.326 bits per heavy atom. The molecule has 0 bridgehead atoms. The van der Waals surface area contributed by atoms with Crippen molar-refractivity contribution in [2.45, 2.75) is 48.5 Å². The standard InChI is InChI=1S/C15H14O2.C14H6F8O2.C12H12O3.C11H16IO3S.C10H10O2.C9H10O2/c1-11(16)12-3-5-13(6-4-12)14-7-9-15(17-2)10-8-14;1-23-13-9(19)5(15)3(6(16)10(13)20)4-7(17)11(21)14(24-2)12(22)8(4)18;1-7(13)10-4-11(8(2)14)6-12(5-10)9(3)15;1-12(13,16(4)5)9-6-7-10(14-2)11(8-9)15-3;1-7(11)9-3-5-10(6-4-9)8(2)12;1-7(10)8-3-5-9(11-2)6-4-8/h3-10H,1-2H3;1-2H3;4-6H,1-3H3;6-8H,4-5H2,1-3H3;3-6H,1-2H3;3-6H,1-2H3/q;;;-1;;. The smallest absolute Gasteiger partial charge is 0.204 e. The van der Waals surface area contributed by atoms with Crippen molar-refractivity contribution in [1.29, 1.82) is 0 Å². The molecule has 0 N–H and O–H groups in total. The minimum atomic E-state index is -3.27. The number of carbonyl (C=O) groups is 7. The average molecular weight is 1460 g/mol. The van der Waals surface area contributed by atoms with Crippen LogP contribution in [0.3, 0.4) is 0 Å². The van der Waals surface area contributed by atoms with Gasteiger partial charge >= 0.3 is 101 Å². The molecule has 0 aromatic heterocycles. The van der Waals surface area contributed by atoms with E-state index in [-0.39, 0.29) is 40.5 Å². The summed E-state index contributed by atoms with van der Waals surface area (Å²) in [4.78, 5) is 78.9. The van der Waals surface area contributed by atoms with Gasteiger partial charge in [0.25, 0.3) is 0 Å². The summed E-state index contributed by atoms with van der Waals surface area (Å²) in [6, 6.07) is 39.0. The molecular weight excluding hydrogens is 1390 g/mol. The van der Waals surface area contributed by atoms with Crippen molar-refractivity contribution < 1.29 is 100 Å². The zero-order valence-corrected chi connectivity index (χ0v) is 57.1. The second-order valence-electron chi connectivity index (χ2n) is 19.8. The van der Waals surface area contributed by atoms with Crippen LogP contribution in [0.5, 0.6) is 34.5 Å². The second kappa shape index (κ2) is 36.7. The van der Waals surface area contributed by atoms with Gasteiger partial charge in [-0.15, -0.1) is 0 Å². The summed E-state index contributed by atoms with van der Waals surface area (Å²) in [7, 11) is 7.16. The summed E-state index contributed by atoms with van der Waals surface area (Å²) in [6.45, 7) is 10.3. The molecule has 0 aliphatic heterocycles. The van der Waals surface area contributed by atoms with Crippen molar-refractivity contribution in [2.24, 2.45) is 0 Å². The van der Waals surface area contributed by atoms with Gasteiger partial charge in [0.05, 0.1) is 39.6 Å².